The van der Waals surface area contributed by atoms with Gasteiger partial charge < -0.3 is 0 Å². The van der Waals surface area contributed by atoms with Crippen LogP contribution in [-0.4, -0.2) is 11.6 Å². The molecular formula is C11H6Br2O2. The van der Waals surface area contributed by atoms with Gasteiger partial charge in [-0.2, -0.15) is 0 Å². The Morgan fingerprint density at radius 3 is 2.27 bits per heavy atom. The van der Waals surface area contributed by atoms with E-state index in [0.29, 0.717) is 20.1 Å². The van der Waals surface area contributed by atoms with Crippen molar-refractivity contribution in [1.82, 2.24) is 0 Å². The molecule has 1 aliphatic rings. The molecule has 2 nitrogen and oxygen atoms in total. The van der Waals surface area contributed by atoms with E-state index >= 15 is 0 Å². The lowest BCUT2D eigenvalue weighted by molar-refractivity contribution is 0.0989. The van der Waals surface area contributed by atoms with Gasteiger partial charge in [-0.3, -0.25) is 9.59 Å². The maximum absolute atomic E-state index is 11.9. The minimum atomic E-state index is -0.153. The van der Waals surface area contributed by atoms with E-state index in [1.807, 2.05) is 13.0 Å². The molecule has 15 heavy (non-hydrogen) atoms. The predicted octanol–water partition coefficient (Wildman–Crippen LogP) is 3.38. The van der Waals surface area contributed by atoms with E-state index in [0.717, 1.165) is 5.56 Å². The number of halogens is 2. The second-order valence-electron chi connectivity index (χ2n) is 3.28. The van der Waals surface area contributed by atoms with Gasteiger partial charge in [-0.1, -0.05) is 18.2 Å². The minimum absolute atomic E-state index is 0.144. The number of carbonyl (C=O) groups excluding carboxylic acids is 2. The molecule has 0 bridgehead atoms. The van der Waals surface area contributed by atoms with Gasteiger partial charge >= 0.3 is 0 Å². The average molecular weight is 330 g/mol. The first kappa shape index (κ1) is 10.8. The van der Waals surface area contributed by atoms with Crippen LogP contribution in [0.3, 0.4) is 0 Å². The Labute approximate surface area is 104 Å². The van der Waals surface area contributed by atoms with E-state index in [-0.39, 0.29) is 11.6 Å². The van der Waals surface area contributed by atoms with Crippen LogP contribution < -0.4 is 0 Å². The molecule has 0 radical (unpaired) electrons. The number of aryl methyl sites for hydroxylation is 1. The lowest BCUT2D eigenvalue weighted by atomic mass is 9.91. The third-order valence-electron chi connectivity index (χ3n) is 2.34. The molecule has 1 aliphatic carbocycles. The van der Waals surface area contributed by atoms with Crippen molar-refractivity contribution in [3.05, 3.63) is 43.9 Å². The van der Waals surface area contributed by atoms with Crippen molar-refractivity contribution in [3.8, 4) is 0 Å². The Bertz CT molecular complexity index is 515. The van der Waals surface area contributed by atoms with Gasteiger partial charge in [-0.05, 0) is 44.3 Å². The third-order valence-corrected chi connectivity index (χ3v) is 4.38. The zero-order valence-corrected chi connectivity index (χ0v) is 11.0. The normalized spacial score (nSPS) is 15.7. The smallest absolute Gasteiger partial charge is 0.202 e. The molecule has 0 saturated carbocycles. The monoisotopic (exact) mass is 328 g/mol. The summed E-state index contributed by atoms with van der Waals surface area (Å²) in [6, 6.07) is 5.27. The van der Waals surface area contributed by atoms with Crippen molar-refractivity contribution in [2.75, 3.05) is 0 Å². The Hall–Kier alpha value is -0.740. The fourth-order valence-electron chi connectivity index (χ4n) is 1.59. The standard InChI is InChI=1S/C11H6Br2O2/c1-5-3-2-4-6-7(5)11(15)9(13)8(12)10(6)14/h2-4H,1H3. The molecule has 0 atom stereocenters. The van der Waals surface area contributed by atoms with Crippen LogP contribution in [0.15, 0.2) is 27.2 Å². The molecule has 4 heteroatoms. The molecule has 2 rings (SSSR count). The highest BCUT2D eigenvalue weighted by atomic mass is 79.9. The zero-order valence-electron chi connectivity index (χ0n) is 7.80. The molecule has 0 aromatic heterocycles. The zero-order chi connectivity index (χ0) is 11.2. The SMILES string of the molecule is Cc1cccc2c1C(=O)C(Br)=C(Br)C2=O. The summed E-state index contributed by atoms with van der Waals surface area (Å²) in [5, 5.41) is 0. The second-order valence-corrected chi connectivity index (χ2v) is 4.87. The highest BCUT2D eigenvalue weighted by molar-refractivity contribution is 9.14. The average Bonchev–Trinajstić information content (AvgIpc) is 2.23. The van der Waals surface area contributed by atoms with Crippen molar-refractivity contribution >= 4 is 43.4 Å². The fraction of sp³-hybridized carbons (Fsp3) is 0.0909. The summed E-state index contributed by atoms with van der Waals surface area (Å²) in [5.41, 5.74) is 1.79. The van der Waals surface area contributed by atoms with Crippen LogP contribution in [0.2, 0.25) is 0 Å². The van der Waals surface area contributed by atoms with Gasteiger partial charge in [0, 0.05) is 11.1 Å². The minimum Gasteiger partial charge on any atom is -0.288 e. The molecule has 0 fully saturated rings. The molecule has 1 aromatic rings. The van der Waals surface area contributed by atoms with Crippen LogP contribution >= 0.6 is 31.9 Å². The molecule has 76 valence electrons. The van der Waals surface area contributed by atoms with Crippen molar-refractivity contribution in [3.63, 3.8) is 0 Å². The summed E-state index contributed by atoms with van der Waals surface area (Å²) in [6.45, 7) is 1.82. The molecule has 0 N–H and O–H groups in total. The largest absolute Gasteiger partial charge is 0.288 e. The number of rotatable bonds is 0. The van der Waals surface area contributed by atoms with E-state index in [2.05, 4.69) is 31.9 Å². The number of benzene rings is 1. The summed E-state index contributed by atoms with van der Waals surface area (Å²) >= 11 is 6.24. The number of ketones is 2. The summed E-state index contributed by atoms with van der Waals surface area (Å²) in [4.78, 5) is 23.7. The summed E-state index contributed by atoms with van der Waals surface area (Å²) < 4.78 is 0.597. The highest BCUT2D eigenvalue weighted by Crippen LogP contribution is 2.33. The van der Waals surface area contributed by atoms with Gasteiger partial charge in [-0.25, -0.2) is 0 Å². The molecule has 0 spiro atoms. The quantitative estimate of drug-likeness (QED) is 0.731. The summed E-state index contributed by atoms with van der Waals surface area (Å²) in [7, 11) is 0. The Morgan fingerprint density at radius 2 is 1.60 bits per heavy atom. The fourth-order valence-corrected chi connectivity index (χ4v) is 2.36. The van der Waals surface area contributed by atoms with E-state index in [1.54, 1.807) is 12.1 Å². The topological polar surface area (TPSA) is 34.1 Å². The number of Topliss-reactive ketones (excluding diaryl/α,β-unsaturated/α-hetero) is 2. The number of hydrogen-bond donors (Lipinski definition) is 0. The maximum atomic E-state index is 11.9. The van der Waals surface area contributed by atoms with Crippen molar-refractivity contribution in [2.24, 2.45) is 0 Å². The van der Waals surface area contributed by atoms with Gasteiger partial charge in [0.1, 0.15) is 0 Å². The van der Waals surface area contributed by atoms with Crippen LogP contribution in [0, 0.1) is 6.92 Å². The molecule has 1 aromatic carbocycles. The van der Waals surface area contributed by atoms with Crippen LogP contribution in [0.25, 0.3) is 0 Å². The number of fused-ring (bicyclic) bond motifs is 1. The van der Waals surface area contributed by atoms with E-state index in [1.165, 1.54) is 0 Å². The maximum Gasteiger partial charge on any atom is 0.202 e. The second kappa shape index (κ2) is 3.68. The summed E-state index contributed by atoms with van der Waals surface area (Å²) in [5.74, 6) is -0.297. The third kappa shape index (κ3) is 1.52. The van der Waals surface area contributed by atoms with E-state index in [4.69, 9.17) is 0 Å². The number of hydrogen-bond acceptors (Lipinski definition) is 2. The van der Waals surface area contributed by atoms with Gasteiger partial charge in [0.25, 0.3) is 0 Å². The first-order valence-corrected chi connectivity index (χ1v) is 5.87. The van der Waals surface area contributed by atoms with Crippen molar-refractivity contribution in [2.45, 2.75) is 6.92 Å². The molecule has 0 amide bonds. The Morgan fingerprint density at radius 1 is 1.00 bits per heavy atom. The molecule has 0 saturated heterocycles. The number of allylic oxidation sites excluding steroid dienone is 2. The van der Waals surface area contributed by atoms with Gasteiger partial charge in [0.05, 0.1) is 8.96 Å². The number of carbonyl (C=O) groups is 2. The molecule has 0 aliphatic heterocycles. The summed E-state index contributed by atoms with van der Waals surface area (Å²) in [6.07, 6.45) is 0. The van der Waals surface area contributed by atoms with Crippen LogP contribution in [0.4, 0.5) is 0 Å². The van der Waals surface area contributed by atoms with Crippen molar-refractivity contribution < 1.29 is 9.59 Å². The molecular weight excluding hydrogens is 324 g/mol. The first-order valence-electron chi connectivity index (χ1n) is 4.28. The van der Waals surface area contributed by atoms with Gasteiger partial charge in [-0.15, -0.1) is 0 Å². The van der Waals surface area contributed by atoms with Crippen LogP contribution in [0.1, 0.15) is 26.3 Å². The van der Waals surface area contributed by atoms with Gasteiger partial charge in [0.2, 0.25) is 11.6 Å². The highest BCUT2D eigenvalue weighted by Gasteiger charge is 2.30. The predicted molar refractivity (Wildman–Crippen MR) is 64.7 cm³/mol. The molecule has 0 heterocycles. The lowest BCUT2D eigenvalue weighted by Crippen LogP contribution is -2.18. The van der Waals surface area contributed by atoms with E-state index in [9.17, 15) is 9.59 Å². The Kier molecular flexibility index (Phi) is 2.64. The van der Waals surface area contributed by atoms with E-state index < -0.39 is 0 Å². The molecule has 0 unspecified atom stereocenters. The lowest BCUT2D eigenvalue weighted by Gasteiger charge is -2.16. The van der Waals surface area contributed by atoms with Gasteiger partial charge in [0.15, 0.2) is 0 Å². The first-order chi connectivity index (χ1) is 7.04. The Balaban J connectivity index is 2.79. The van der Waals surface area contributed by atoms with Crippen LogP contribution in [0.5, 0.6) is 0 Å². The van der Waals surface area contributed by atoms with Crippen molar-refractivity contribution in [1.29, 1.82) is 0 Å². The van der Waals surface area contributed by atoms with Crippen LogP contribution in [-0.2, 0) is 0 Å².